The molecule has 0 aliphatic rings. The Bertz CT molecular complexity index is 297. The zero-order valence-electron chi connectivity index (χ0n) is 6.97. The molecule has 1 N–H and O–H groups in total. The minimum Gasteiger partial charge on any atom is -0.387 e. The number of benzene rings is 1. The molecule has 1 aromatic rings. The van der Waals surface area contributed by atoms with Crippen molar-refractivity contribution < 1.29 is 18.3 Å². The van der Waals surface area contributed by atoms with Gasteiger partial charge in [0.15, 0.2) is 0 Å². The first kappa shape index (κ1) is 10.1. The standard InChI is InChI=1S/C9H9F3O/c1-6(13)9(11,12)7-4-2-3-5-8(7)10/h2-6,13H,1H3/t6-/m1/s1. The van der Waals surface area contributed by atoms with E-state index in [0.29, 0.717) is 0 Å². The number of halogens is 3. The van der Waals surface area contributed by atoms with Crippen molar-refractivity contribution in [3.8, 4) is 0 Å². The van der Waals surface area contributed by atoms with Crippen LogP contribution in [0.15, 0.2) is 24.3 Å². The average Bonchev–Trinajstić information content (AvgIpc) is 2.04. The molecule has 0 aliphatic carbocycles. The van der Waals surface area contributed by atoms with E-state index in [1.807, 2.05) is 0 Å². The Labute approximate surface area is 73.8 Å². The first-order valence-electron chi connectivity index (χ1n) is 3.77. The number of aliphatic hydroxyl groups excluding tert-OH is 1. The maximum Gasteiger partial charge on any atom is 0.301 e. The van der Waals surface area contributed by atoms with Gasteiger partial charge >= 0.3 is 5.92 Å². The normalized spacial score (nSPS) is 14.2. The van der Waals surface area contributed by atoms with Crippen LogP contribution in [-0.2, 0) is 5.92 Å². The summed E-state index contributed by atoms with van der Waals surface area (Å²) >= 11 is 0. The lowest BCUT2D eigenvalue weighted by molar-refractivity contribution is -0.108. The highest BCUT2D eigenvalue weighted by molar-refractivity contribution is 5.23. The molecular weight excluding hydrogens is 181 g/mol. The quantitative estimate of drug-likeness (QED) is 0.758. The average molecular weight is 190 g/mol. The van der Waals surface area contributed by atoms with Gasteiger partial charge in [-0.25, -0.2) is 4.39 Å². The molecule has 0 spiro atoms. The molecule has 0 fully saturated rings. The van der Waals surface area contributed by atoms with Gasteiger partial charge in [-0.3, -0.25) is 0 Å². The van der Waals surface area contributed by atoms with Crippen LogP contribution in [-0.4, -0.2) is 11.2 Å². The second kappa shape index (κ2) is 3.38. The van der Waals surface area contributed by atoms with Gasteiger partial charge in [-0.2, -0.15) is 8.78 Å². The van der Waals surface area contributed by atoms with Crippen molar-refractivity contribution in [2.75, 3.05) is 0 Å². The lowest BCUT2D eigenvalue weighted by Gasteiger charge is -2.19. The Morgan fingerprint density at radius 2 is 1.85 bits per heavy atom. The van der Waals surface area contributed by atoms with Crippen LogP contribution in [0.5, 0.6) is 0 Å². The maximum atomic E-state index is 13.0. The monoisotopic (exact) mass is 190 g/mol. The molecule has 0 unspecified atom stereocenters. The SMILES string of the molecule is C[C@@H](O)C(F)(F)c1ccccc1F. The molecule has 0 heterocycles. The molecule has 0 bridgehead atoms. The molecule has 1 rings (SSSR count). The molecule has 1 aromatic carbocycles. The van der Waals surface area contributed by atoms with Crippen molar-refractivity contribution in [3.05, 3.63) is 35.6 Å². The van der Waals surface area contributed by atoms with Crippen molar-refractivity contribution in [3.63, 3.8) is 0 Å². The fraction of sp³-hybridized carbons (Fsp3) is 0.333. The molecule has 0 saturated heterocycles. The molecule has 72 valence electrons. The summed E-state index contributed by atoms with van der Waals surface area (Å²) < 4.78 is 39.0. The number of alkyl halides is 2. The maximum absolute atomic E-state index is 13.0. The van der Waals surface area contributed by atoms with Crippen LogP contribution < -0.4 is 0 Å². The largest absolute Gasteiger partial charge is 0.387 e. The second-order valence-electron chi connectivity index (χ2n) is 2.78. The highest BCUT2D eigenvalue weighted by Crippen LogP contribution is 2.32. The second-order valence-corrected chi connectivity index (χ2v) is 2.78. The van der Waals surface area contributed by atoms with E-state index in [0.717, 1.165) is 19.1 Å². The Hall–Kier alpha value is -1.03. The third-order valence-corrected chi connectivity index (χ3v) is 1.76. The van der Waals surface area contributed by atoms with E-state index in [-0.39, 0.29) is 0 Å². The molecule has 13 heavy (non-hydrogen) atoms. The van der Waals surface area contributed by atoms with Gasteiger partial charge in [-0.15, -0.1) is 0 Å². The molecule has 0 saturated carbocycles. The van der Waals surface area contributed by atoms with E-state index in [4.69, 9.17) is 5.11 Å². The zero-order valence-corrected chi connectivity index (χ0v) is 6.97. The van der Waals surface area contributed by atoms with Crippen LogP contribution in [0.25, 0.3) is 0 Å². The minimum absolute atomic E-state index is 0.773. The summed E-state index contributed by atoms with van der Waals surface area (Å²) in [4.78, 5) is 0. The first-order valence-corrected chi connectivity index (χ1v) is 3.77. The Morgan fingerprint density at radius 1 is 1.31 bits per heavy atom. The Kier molecular flexibility index (Phi) is 2.61. The first-order chi connectivity index (χ1) is 5.96. The summed E-state index contributed by atoms with van der Waals surface area (Å²) in [6.07, 6.45) is -1.90. The lowest BCUT2D eigenvalue weighted by Crippen LogP contribution is -2.29. The van der Waals surface area contributed by atoms with Gasteiger partial charge in [0.25, 0.3) is 0 Å². The molecule has 0 radical (unpaired) electrons. The van der Waals surface area contributed by atoms with E-state index < -0.39 is 23.4 Å². The molecule has 0 amide bonds. The van der Waals surface area contributed by atoms with Crippen molar-refractivity contribution >= 4 is 0 Å². The third kappa shape index (κ3) is 1.83. The molecule has 1 nitrogen and oxygen atoms in total. The van der Waals surface area contributed by atoms with Crippen LogP contribution in [0.1, 0.15) is 12.5 Å². The molecule has 4 heteroatoms. The zero-order chi connectivity index (χ0) is 10.1. The fourth-order valence-corrected chi connectivity index (χ4v) is 0.957. The van der Waals surface area contributed by atoms with Gasteiger partial charge < -0.3 is 5.11 Å². The van der Waals surface area contributed by atoms with Crippen LogP contribution >= 0.6 is 0 Å². The minimum atomic E-state index is -3.54. The van der Waals surface area contributed by atoms with Crippen molar-refractivity contribution in [1.82, 2.24) is 0 Å². The van der Waals surface area contributed by atoms with Crippen molar-refractivity contribution in [2.45, 2.75) is 19.0 Å². The lowest BCUT2D eigenvalue weighted by atomic mass is 10.0. The summed E-state index contributed by atoms with van der Waals surface area (Å²) in [5.74, 6) is -4.54. The van der Waals surface area contributed by atoms with Crippen molar-refractivity contribution in [2.24, 2.45) is 0 Å². The van der Waals surface area contributed by atoms with Crippen LogP contribution in [0.3, 0.4) is 0 Å². The van der Waals surface area contributed by atoms with E-state index in [9.17, 15) is 13.2 Å². The molecular formula is C9H9F3O. The summed E-state index contributed by atoms with van der Waals surface area (Å²) in [6.45, 7) is 0.923. The van der Waals surface area contributed by atoms with Gasteiger partial charge in [0, 0.05) is 0 Å². The topological polar surface area (TPSA) is 20.2 Å². The Morgan fingerprint density at radius 3 is 2.31 bits per heavy atom. The number of aliphatic hydroxyl groups is 1. The van der Waals surface area contributed by atoms with Gasteiger partial charge in [0.1, 0.15) is 11.9 Å². The predicted octanol–water partition coefficient (Wildman–Crippen LogP) is 2.30. The van der Waals surface area contributed by atoms with Gasteiger partial charge in [0.2, 0.25) is 0 Å². The van der Waals surface area contributed by atoms with E-state index in [1.165, 1.54) is 12.1 Å². The summed E-state index contributed by atoms with van der Waals surface area (Å²) in [5, 5.41) is 8.74. The molecule has 1 atom stereocenters. The van der Waals surface area contributed by atoms with E-state index in [2.05, 4.69) is 0 Å². The summed E-state index contributed by atoms with van der Waals surface area (Å²) in [5.41, 5.74) is -0.773. The van der Waals surface area contributed by atoms with E-state index >= 15 is 0 Å². The smallest absolute Gasteiger partial charge is 0.301 e. The fourth-order valence-electron chi connectivity index (χ4n) is 0.957. The highest BCUT2D eigenvalue weighted by Gasteiger charge is 2.39. The van der Waals surface area contributed by atoms with Crippen molar-refractivity contribution in [1.29, 1.82) is 0 Å². The molecule has 0 aromatic heterocycles. The number of hydrogen-bond donors (Lipinski definition) is 1. The highest BCUT2D eigenvalue weighted by atomic mass is 19.3. The van der Waals surface area contributed by atoms with Gasteiger partial charge in [-0.05, 0) is 19.1 Å². The Balaban J connectivity index is 3.14. The van der Waals surface area contributed by atoms with E-state index in [1.54, 1.807) is 0 Å². The predicted molar refractivity (Wildman–Crippen MR) is 42.0 cm³/mol. The van der Waals surface area contributed by atoms with Crippen LogP contribution in [0.2, 0.25) is 0 Å². The van der Waals surface area contributed by atoms with Crippen LogP contribution in [0.4, 0.5) is 13.2 Å². The number of hydrogen-bond acceptors (Lipinski definition) is 1. The van der Waals surface area contributed by atoms with Crippen LogP contribution in [0, 0.1) is 5.82 Å². The summed E-state index contributed by atoms with van der Waals surface area (Å²) in [6, 6.07) is 4.51. The number of rotatable bonds is 2. The molecule has 0 aliphatic heterocycles. The van der Waals surface area contributed by atoms with Gasteiger partial charge in [0.05, 0.1) is 5.56 Å². The van der Waals surface area contributed by atoms with Gasteiger partial charge in [-0.1, -0.05) is 12.1 Å². The third-order valence-electron chi connectivity index (χ3n) is 1.76. The summed E-state index contributed by atoms with van der Waals surface area (Å²) in [7, 11) is 0.